The zero-order valence-corrected chi connectivity index (χ0v) is 9.48. The summed E-state index contributed by atoms with van der Waals surface area (Å²) >= 11 is 0. The third-order valence-electron chi connectivity index (χ3n) is 2.91. The largest absolute Gasteiger partial charge is 0.480 e. The first-order chi connectivity index (χ1) is 8.54. The van der Waals surface area contributed by atoms with E-state index in [4.69, 9.17) is 9.84 Å². The maximum absolute atomic E-state index is 12.7. The van der Waals surface area contributed by atoms with E-state index in [1.165, 1.54) is 24.3 Å². The summed E-state index contributed by atoms with van der Waals surface area (Å²) < 4.78 is 17.5. The summed E-state index contributed by atoms with van der Waals surface area (Å²) in [7, 11) is 0. The number of ether oxygens (including phenoxy) is 1. The monoisotopic (exact) mass is 253 g/mol. The summed E-state index contributed by atoms with van der Waals surface area (Å²) in [6.07, 6.45) is 0. The first kappa shape index (κ1) is 12.5. The molecule has 1 aliphatic rings. The molecule has 1 saturated heterocycles. The van der Waals surface area contributed by atoms with Crippen molar-refractivity contribution in [2.24, 2.45) is 5.41 Å². The molecule has 0 aliphatic carbocycles. The summed E-state index contributed by atoms with van der Waals surface area (Å²) in [4.78, 5) is 22.8. The zero-order chi connectivity index (χ0) is 13.2. The Kier molecular flexibility index (Phi) is 3.29. The minimum Gasteiger partial charge on any atom is -0.480 e. The van der Waals surface area contributed by atoms with Crippen LogP contribution >= 0.6 is 0 Å². The molecule has 0 bridgehead atoms. The fraction of sp³-hybridized carbons (Fsp3) is 0.333. The highest BCUT2D eigenvalue weighted by atomic mass is 19.1. The molecule has 1 aromatic carbocycles. The Morgan fingerprint density at radius 3 is 2.39 bits per heavy atom. The van der Waals surface area contributed by atoms with Gasteiger partial charge in [0.15, 0.2) is 5.41 Å². The fourth-order valence-electron chi connectivity index (χ4n) is 1.61. The SMILES string of the molecule is O=C(O)C1(C(=O)NCc2ccc(F)cc2)COC1. The molecule has 0 spiro atoms. The third-order valence-corrected chi connectivity index (χ3v) is 2.91. The molecule has 1 aromatic rings. The van der Waals surface area contributed by atoms with Crippen molar-refractivity contribution in [3.63, 3.8) is 0 Å². The highest BCUT2D eigenvalue weighted by molar-refractivity contribution is 6.03. The van der Waals surface area contributed by atoms with Gasteiger partial charge < -0.3 is 15.2 Å². The second-order valence-electron chi connectivity index (χ2n) is 4.19. The third kappa shape index (κ3) is 2.19. The van der Waals surface area contributed by atoms with E-state index in [1.54, 1.807) is 0 Å². The quantitative estimate of drug-likeness (QED) is 0.768. The van der Waals surface area contributed by atoms with Crippen molar-refractivity contribution in [2.45, 2.75) is 6.54 Å². The number of aliphatic carboxylic acids is 1. The molecule has 18 heavy (non-hydrogen) atoms. The van der Waals surface area contributed by atoms with Gasteiger partial charge in [0.2, 0.25) is 5.91 Å². The molecule has 2 N–H and O–H groups in total. The van der Waals surface area contributed by atoms with E-state index in [0.717, 1.165) is 0 Å². The zero-order valence-electron chi connectivity index (χ0n) is 9.48. The molecule has 0 atom stereocenters. The molecule has 6 heteroatoms. The summed E-state index contributed by atoms with van der Waals surface area (Å²) in [5, 5.41) is 11.5. The van der Waals surface area contributed by atoms with Crippen LogP contribution in [0.2, 0.25) is 0 Å². The van der Waals surface area contributed by atoms with Gasteiger partial charge in [0.1, 0.15) is 5.82 Å². The molecular formula is C12H12FNO4. The van der Waals surface area contributed by atoms with E-state index in [1.807, 2.05) is 0 Å². The molecule has 1 fully saturated rings. The number of benzene rings is 1. The maximum Gasteiger partial charge on any atom is 0.324 e. The van der Waals surface area contributed by atoms with Crippen molar-refractivity contribution in [1.82, 2.24) is 5.32 Å². The van der Waals surface area contributed by atoms with Gasteiger partial charge in [-0.1, -0.05) is 12.1 Å². The summed E-state index contributed by atoms with van der Waals surface area (Å²) in [5.74, 6) is -2.13. The Morgan fingerprint density at radius 1 is 1.33 bits per heavy atom. The van der Waals surface area contributed by atoms with E-state index in [-0.39, 0.29) is 25.6 Å². The molecule has 0 unspecified atom stereocenters. The van der Waals surface area contributed by atoms with Gasteiger partial charge in [-0.3, -0.25) is 9.59 Å². The Morgan fingerprint density at radius 2 is 1.94 bits per heavy atom. The predicted molar refractivity (Wildman–Crippen MR) is 59.1 cm³/mol. The van der Waals surface area contributed by atoms with E-state index < -0.39 is 17.3 Å². The topological polar surface area (TPSA) is 75.6 Å². The van der Waals surface area contributed by atoms with Crippen molar-refractivity contribution >= 4 is 11.9 Å². The summed E-state index contributed by atoms with van der Waals surface area (Å²) in [5.41, 5.74) is -0.773. The van der Waals surface area contributed by atoms with Gasteiger partial charge in [0.05, 0.1) is 13.2 Å². The van der Waals surface area contributed by atoms with Gasteiger partial charge in [-0.25, -0.2) is 4.39 Å². The number of carboxylic acid groups (broad SMARTS) is 1. The van der Waals surface area contributed by atoms with Gasteiger partial charge >= 0.3 is 5.97 Å². The molecule has 0 saturated carbocycles. The van der Waals surface area contributed by atoms with E-state index in [9.17, 15) is 14.0 Å². The van der Waals surface area contributed by atoms with Crippen LogP contribution in [0.4, 0.5) is 4.39 Å². The molecule has 0 radical (unpaired) electrons. The average Bonchev–Trinajstić information content (AvgIpc) is 2.26. The number of rotatable bonds is 4. The highest BCUT2D eigenvalue weighted by Crippen LogP contribution is 2.28. The van der Waals surface area contributed by atoms with Crippen LogP contribution in [0.1, 0.15) is 5.56 Å². The first-order valence-electron chi connectivity index (χ1n) is 5.38. The summed E-state index contributed by atoms with van der Waals surface area (Å²) in [6, 6.07) is 5.61. The lowest BCUT2D eigenvalue weighted by Gasteiger charge is -2.35. The van der Waals surface area contributed by atoms with Crippen LogP contribution in [0.25, 0.3) is 0 Å². The second-order valence-corrected chi connectivity index (χ2v) is 4.19. The molecule has 1 amide bonds. The smallest absolute Gasteiger partial charge is 0.324 e. The van der Waals surface area contributed by atoms with Crippen molar-refractivity contribution in [3.8, 4) is 0 Å². The lowest BCUT2D eigenvalue weighted by molar-refractivity contribution is -0.185. The van der Waals surface area contributed by atoms with Crippen molar-refractivity contribution in [2.75, 3.05) is 13.2 Å². The molecule has 1 aliphatic heterocycles. The highest BCUT2D eigenvalue weighted by Gasteiger charge is 2.53. The van der Waals surface area contributed by atoms with Crippen molar-refractivity contribution in [1.29, 1.82) is 0 Å². The molecule has 5 nitrogen and oxygen atoms in total. The fourth-order valence-corrected chi connectivity index (χ4v) is 1.61. The van der Waals surface area contributed by atoms with Gasteiger partial charge in [0.25, 0.3) is 0 Å². The first-order valence-corrected chi connectivity index (χ1v) is 5.38. The molecule has 0 aromatic heterocycles. The van der Waals surface area contributed by atoms with Crippen LogP contribution in [0.3, 0.4) is 0 Å². The van der Waals surface area contributed by atoms with Crippen LogP contribution in [-0.2, 0) is 20.9 Å². The Balaban J connectivity index is 1.96. The lowest BCUT2D eigenvalue weighted by atomic mass is 9.85. The van der Waals surface area contributed by atoms with Crippen LogP contribution in [0, 0.1) is 11.2 Å². The second kappa shape index (κ2) is 4.73. The van der Waals surface area contributed by atoms with Crippen LogP contribution in [-0.4, -0.2) is 30.2 Å². The normalized spacial score (nSPS) is 16.7. The standard InChI is InChI=1S/C12H12FNO4/c13-9-3-1-8(2-4-9)5-14-10(15)12(11(16)17)6-18-7-12/h1-4H,5-7H2,(H,14,15)(H,16,17). The van der Waals surface area contributed by atoms with Crippen LogP contribution < -0.4 is 5.32 Å². The van der Waals surface area contributed by atoms with Gasteiger partial charge in [-0.15, -0.1) is 0 Å². The van der Waals surface area contributed by atoms with E-state index >= 15 is 0 Å². The summed E-state index contributed by atoms with van der Waals surface area (Å²) in [6.45, 7) is -0.0662. The van der Waals surface area contributed by atoms with Gasteiger partial charge in [-0.2, -0.15) is 0 Å². The number of amides is 1. The minimum atomic E-state index is -1.47. The number of carbonyl (C=O) groups excluding carboxylic acids is 1. The lowest BCUT2D eigenvalue weighted by Crippen LogP contribution is -2.58. The number of hydrogen-bond donors (Lipinski definition) is 2. The van der Waals surface area contributed by atoms with Crippen LogP contribution in [0.5, 0.6) is 0 Å². The average molecular weight is 253 g/mol. The molecule has 2 rings (SSSR count). The van der Waals surface area contributed by atoms with E-state index in [2.05, 4.69) is 5.32 Å². The Bertz CT molecular complexity index is 467. The predicted octanol–water partition coefficient (Wildman–Crippen LogP) is 0.543. The van der Waals surface area contributed by atoms with Crippen LogP contribution in [0.15, 0.2) is 24.3 Å². The Hall–Kier alpha value is -1.95. The molecule has 1 heterocycles. The van der Waals surface area contributed by atoms with Crippen molar-refractivity contribution < 1.29 is 23.8 Å². The van der Waals surface area contributed by atoms with Crippen molar-refractivity contribution in [3.05, 3.63) is 35.6 Å². The minimum absolute atomic E-state index is 0.114. The molecule has 96 valence electrons. The van der Waals surface area contributed by atoms with Gasteiger partial charge in [0, 0.05) is 6.54 Å². The number of halogens is 1. The van der Waals surface area contributed by atoms with E-state index in [0.29, 0.717) is 5.56 Å². The molecular weight excluding hydrogens is 241 g/mol. The number of nitrogens with one attached hydrogen (secondary N) is 1. The number of carbonyl (C=O) groups is 2. The number of hydrogen-bond acceptors (Lipinski definition) is 3. The Labute approximate surface area is 103 Å². The number of carboxylic acids is 1. The van der Waals surface area contributed by atoms with Gasteiger partial charge in [-0.05, 0) is 17.7 Å². The maximum atomic E-state index is 12.7.